The van der Waals surface area contributed by atoms with E-state index in [1.165, 1.54) is 12.1 Å². The van der Waals surface area contributed by atoms with E-state index in [2.05, 4.69) is 5.32 Å². The third-order valence-corrected chi connectivity index (χ3v) is 4.22. The number of benzene rings is 2. The largest absolute Gasteiger partial charge is 0.508 e. The summed E-state index contributed by atoms with van der Waals surface area (Å²) in [6.07, 6.45) is 1.22. The molecule has 1 amide bonds. The summed E-state index contributed by atoms with van der Waals surface area (Å²) in [7, 11) is 0. The summed E-state index contributed by atoms with van der Waals surface area (Å²) in [5.41, 5.74) is 1.56. The number of ether oxygens (including phenoxy) is 2. The molecule has 0 radical (unpaired) electrons. The predicted octanol–water partition coefficient (Wildman–Crippen LogP) is 2.31. The molecule has 7 heteroatoms. The Kier molecular flexibility index (Phi) is 6.29. The second kappa shape index (κ2) is 9.05. The molecule has 0 aliphatic carbocycles. The molecule has 0 aromatic heterocycles. The molecule has 2 aromatic rings. The third-order valence-electron chi connectivity index (χ3n) is 4.22. The molecule has 3 N–H and O–H groups in total. The second-order valence-corrected chi connectivity index (χ2v) is 6.36. The van der Waals surface area contributed by atoms with Gasteiger partial charge in [-0.3, -0.25) is 4.79 Å². The van der Waals surface area contributed by atoms with Crippen molar-refractivity contribution in [3.63, 3.8) is 0 Å². The van der Waals surface area contributed by atoms with Gasteiger partial charge in [0.25, 0.3) is 5.91 Å². The topological polar surface area (TPSA) is 105 Å². The molecular weight excluding hydrogens is 362 g/mol. The fourth-order valence-corrected chi connectivity index (χ4v) is 2.78. The minimum absolute atomic E-state index is 0.0939. The number of carboxylic acid groups (broad SMARTS) is 1. The molecule has 0 saturated carbocycles. The van der Waals surface area contributed by atoms with E-state index in [9.17, 15) is 19.8 Å². The van der Waals surface area contributed by atoms with Crippen molar-refractivity contribution in [1.82, 2.24) is 5.32 Å². The molecule has 28 heavy (non-hydrogen) atoms. The first-order valence-corrected chi connectivity index (χ1v) is 8.84. The fourth-order valence-electron chi connectivity index (χ4n) is 2.78. The Morgan fingerprint density at radius 1 is 1.18 bits per heavy atom. The number of rotatable bonds is 8. The summed E-state index contributed by atoms with van der Waals surface area (Å²) in [5.74, 6) is -1.14. The number of carbonyl (C=O) groups is 2. The van der Waals surface area contributed by atoms with Gasteiger partial charge in [0.1, 0.15) is 11.5 Å². The Morgan fingerprint density at radius 3 is 2.68 bits per heavy atom. The Hall–Kier alpha value is -3.32. The Labute approximate surface area is 162 Å². The molecule has 2 atom stereocenters. The maximum absolute atomic E-state index is 12.4. The van der Waals surface area contributed by atoms with E-state index in [0.29, 0.717) is 17.7 Å². The zero-order chi connectivity index (χ0) is 19.9. The van der Waals surface area contributed by atoms with Gasteiger partial charge in [0.2, 0.25) is 0 Å². The van der Waals surface area contributed by atoms with Crippen LogP contribution < -0.4 is 5.32 Å². The first-order valence-electron chi connectivity index (χ1n) is 8.84. The van der Waals surface area contributed by atoms with Crippen LogP contribution in [0.1, 0.15) is 17.5 Å². The van der Waals surface area contributed by atoms with Gasteiger partial charge in [-0.15, -0.1) is 0 Å². The van der Waals surface area contributed by atoms with Crippen molar-refractivity contribution < 1.29 is 29.3 Å². The lowest BCUT2D eigenvalue weighted by Crippen LogP contribution is -2.47. The molecule has 0 saturated heterocycles. The highest BCUT2D eigenvalue weighted by molar-refractivity contribution is 5.88. The number of carboxylic acids is 1. The van der Waals surface area contributed by atoms with Crippen LogP contribution in [0.5, 0.6) is 5.75 Å². The molecule has 7 nitrogen and oxygen atoms in total. The minimum Gasteiger partial charge on any atom is -0.508 e. The van der Waals surface area contributed by atoms with Gasteiger partial charge in [0.15, 0.2) is 12.1 Å². The quantitative estimate of drug-likeness (QED) is 0.646. The van der Waals surface area contributed by atoms with E-state index in [1.807, 2.05) is 30.3 Å². The van der Waals surface area contributed by atoms with Crippen molar-refractivity contribution in [3.8, 4) is 5.75 Å². The number of phenolic OH excluding ortho intramolecular Hbond substituents is 1. The molecule has 2 aromatic carbocycles. The maximum Gasteiger partial charge on any atom is 0.328 e. The highest BCUT2D eigenvalue weighted by atomic mass is 16.5. The molecule has 1 aliphatic rings. The molecule has 0 bridgehead atoms. The molecule has 0 fully saturated rings. The minimum atomic E-state index is -1.18. The van der Waals surface area contributed by atoms with Crippen LogP contribution in [0.2, 0.25) is 0 Å². The van der Waals surface area contributed by atoms with Crippen molar-refractivity contribution in [2.24, 2.45) is 0 Å². The SMILES string of the molecule is O=C(O)C(COCc1ccccc1)NC(=O)C1CC=C(c2cccc(O)c2)O1. The summed E-state index contributed by atoms with van der Waals surface area (Å²) in [4.78, 5) is 23.8. The number of hydrogen-bond donors (Lipinski definition) is 3. The Balaban J connectivity index is 1.51. The zero-order valence-corrected chi connectivity index (χ0v) is 15.1. The van der Waals surface area contributed by atoms with Gasteiger partial charge in [0.05, 0.1) is 13.2 Å². The van der Waals surface area contributed by atoms with Crippen LogP contribution >= 0.6 is 0 Å². The lowest BCUT2D eigenvalue weighted by molar-refractivity contribution is -0.145. The normalized spacial score (nSPS) is 16.7. The number of aromatic hydroxyl groups is 1. The van der Waals surface area contributed by atoms with Crippen molar-refractivity contribution in [3.05, 3.63) is 71.8 Å². The average Bonchev–Trinajstić information content (AvgIpc) is 3.18. The van der Waals surface area contributed by atoms with E-state index in [0.717, 1.165) is 5.56 Å². The molecule has 1 aliphatic heterocycles. The molecule has 0 spiro atoms. The monoisotopic (exact) mass is 383 g/mol. The van der Waals surface area contributed by atoms with Crippen LogP contribution in [0.4, 0.5) is 0 Å². The standard InChI is InChI=1S/C21H21NO6/c23-16-8-4-7-15(11-16)18-9-10-19(28-18)20(24)22-17(21(25)26)13-27-12-14-5-2-1-3-6-14/h1-9,11,17,19,23H,10,12-13H2,(H,22,24)(H,25,26). The third kappa shape index (κ3) is 5.11. The van der Waals surface area contributed by atoms with Crippen molar-refractivity contribution in [1.29, 1.82) is 0 Å². The highest BCUT2D eigenvalue weighted by Crippen LogP contribution is 2.28. The van der Waals surface area contributed by atoms with Crippen molar-refractivity contribution >= 4 is 17.6 Å². The lowest BCUT2D eigenvalue weighted by atomic mass is 10.1. The number of amides is 1. The van der Waals surface area contributed by atoms with Crippen molar-refractivity contribution in [2.75, 3.05) is 6.61 Å². The molecular formula is C21H21NO6. The summed E-state index contributed by atoms with van der Waals surface area (Å²) in [6.45, 7) is 0.0964. The van der Waals surface area contributed by atoms with E-state index in [-0.39, 0.29) is 19.0 Å². The summed E-state index contributed by atoms with van der Waals surface area (Å²) >= 11 is 0. The summed E-state index contributed by atoms with van der Waals surface area (Å²) < 4.78 is 11.1. The first-order chi connectivity index (χ1) is 13.5. The maximum atomic E-state index is 12.4. The van der Waals surface area contributed by atoms with E-state index >= 15 is 0 Å². The summed E-state index contributed by atoms with van der Waals surface area (Å²) in [6, 6.07) is 14.7. The number of nitrogens with one attached hydrogen (secondary N) is 1. The fraction of sp³-hybridized carbons (Fsp3) is 0.238. The van der Waals surface area contributed by atoms with Crippen LogP contribution in [-0.4, -0.2) is 40.8 Å². The van der Waals surface area contributed by atoms with Crippen LogP contribution in [0, 0.1) is 0 Å². The van der Waals surface area contributed by atoms with Gasteiger partial charge in [-0.05, 0) is 23.8 Å². The van der Waals surface area contributed by atoms with Gasteiger partial charge >= 0.3 is 5.97 Å². The first kappa shape index (κ1) is 19.4. The van der Waals surface area contributed by atoms with Gasteiger partial charge in [-0.2, -0.15) is 0 Å². The molecule has 146 valence electrons. The van der Waals surface area contributed by atoms with Gasteiger partial charge in [-0.25, -0.2) is 4.79 Å². The van der Waals surface area contributed by atoms with Gasteiger partial charge in [-0.1, -0.05) is 42.5 Å². The van der Waals surface area contributed by atoms with Crippen LogP contribution in [0.3, 0.4) is 0 Å². The highest BCUT2D eigenvalue weighted by Gasteiger charge is 2.30. The van der Waals surface area contributed by atoms with Crippen molar-refractivity contribution in [2.45, 2.75) is 25.2 Å². The molecule has 2 unspecified atom stereocenters. The van der Waals surface area contributed by atoms with E-state index < -0.39 is 24.0 Å². The van der Waals surface area contributed by atoms with Crippen LogP contribution in [-0.2, 0) is 25.7 Å². The van der Waals surface area contributed by atoms with E-state index in [4.69, 9.17) is 9.47 Å². The number of hydrogen-bond acceptors (Lipinski definition) is 5. The average molecular weight is 383 g/mol. The molecule has 3 rings (SSSR count). The zero-order valence-electron chi connectivity index (χ0n) is 15.1. The number of carbonyl (C=O) groups excluding carboxylic acids is 1. The van der Waals surface area contributed by atoms with Crippen LogP contribution in [0.25, 0.3) is 5.76 Å². The van der Waals surface area contributed by atoms with Gasteiger partial charge in [0, 0.05) is 12.0 Å². The number of aliphatic carboxylic acids is 1. The van der Waals surface area contributed by atoms with Crippen LogP contribution in [0.15, 0.2) is 60.7 Å². The lowest BCUT2D eigenvalue weighted by Gasteiger charge is -2.18. The second-order valence-electron chi connectivity index (χ2n) is 6.36. The molecule has 1 heterocycles. The number of phenols is 1. The van der Waals surface area contributed by atoms with Gasteiger partial charge < -0.3 is 25.0 Å². The van der Waals surface area contributed by atoms with E-state index in [1.54, 1.807) is 18.2 Å². The Morgan fingerprint density at radius 2 is 1.96 bits per heavy atom. The Bertz CT molecular complexity index is 864. The predicted molar refractivity (Wildman–Crippen MR) is 101 cm³/mol. The smallest absolute Gasteiger partial charge is 0.328 e. The summed E-state index contributed by atoms with van der Waals surface area (Å²) in [5, 5.41) is 21.4.